The van der Waals surface area contributed by atoms with Crippen molar-refractivity contribution in [3.05, 3.63) is 29.8 Å². The third-order valence-electron chi connectivity index (χ3n) is 3.60. The van der Waals surface area contributed by atoms with Gasteiger partial charge in [0.1, 0.15) is 0 Å². The molecule has 1 amide bonds. The molecule has 1 unspecified atom stereocenters. The molecule has 2 rings (SSSR count). The molecule has 0 aliphatic carbocycles. The fourth-order valence-corrected chi connectivity index (χ4v) is 2.74. The molecule has 1 N–H and O–H groups in total. The number of anilines is 1. The van der Waals surface area contributed by atoms with Gasteiger partial charge in [0.05, 0.1) is 0 Å². The van der Waals surface area contributed by atoms with Gasteiger partial charge in [0.2, 0.25) is 5.91 Å². The van der Waals surface area contributed by atoms with Crippen LogP contribution in [0.1, 0.15) is 25.8 Å². The summed E-state index contributed by atoms with van der Waals surface area (Å²) < 4.78 is 0. The van der Waals surface area contributed by atoms with Crippen LogP contribution in [0.5, 0.6) is 0 Å². The van der Waals surface area contributed by atoms with E-state index in [-0.39, 0.29) is 11.3 Å². The summed E-state index contributed by atoms with van der Waals surface area (Å²) in [5.74, 6) is 0.0493. The zero-order valence-corrected chi connectivity index (χ0v) is 10.8. The van der Waals surface area contributed by atoms with Crippen LogP contribution in [-0.4, -0.2) is 26.0 Å². The van der Waals surface area contributed by atoms with Crippen molar-refractivity contribution < 1.29 is 4.79 Å². The number of hydrogen-bond donors (Lipinski definition) is 1. The molecular weight excluding hydrogens is 212 g/mol. The van der Waals surface area contributed by atoms with Gasteiger partial charge in [-0.3, -0.25) is 4.79 Å². The molecular formula is C14H20N2O. The first kappa shape index (κ1) is 12.0. The Morgan fingerprint density at radius 3 is 2.88 bits per heavy atom. The average molecular weight is 232 g/mol. The van der Waals surface area contributed by atoms with Gasteiger partial charge in [0.25, 0.3) is 0 Å². The van der Waals surface area contributed by atoms with Crippen LogP contribution in [0.2, 0.25) is 0 Å². The van der Waals surface area contributed by atoms with E-state index in [1.807, 2.05) is 0 Å². The van der Waals surface area contributed by atoms with Crippen LogP contribution in [0.15, 0.2) is 24.3 Å². The van der Waals surface area contributed by atoms with Gasteiger partial charge in [-0.05, 0) is 18.1 Å². The number of benzene rings is 1. The molecule has 1 heterocycles. The first-order valence-electron chi connectivity index (χ1n) is 6.08. The molecule has 0 spiro atoms. The number of nitrogens with one attached hydrogen (secondary N) is 1. The number of para-hydroxylation sites is 1. The SMILES string of the molecule is CC(=O)NCCC1(C)CN(C)c2ccccc21. The van der Waals surface area contributed by atoms with Crippen molar-refractivity contribution in [1.82, 2.24) is 5.32 Å². The Morgan fingerprint density at radius 1 is 1.47 bits per heavy atom. The zero-order chi connectivity index (χ0) is 12.5. The van der Waals surface area contributed by atoms with Crippen molar-refractivity contribution in [3.8, 4) is 0 Å². The van der Waals surface area contributed by atoms with Crippen LogP contribution >= 0.6 is 0 Å². The standard InChI is InChI=1S/C14H20N2O/c1-11(17)15-9-8-14(2)10-16(3)13-7-5-4-6-12(13)14/h4-7H,8-10H2,1-3H3,(H,15,17). The summed E-state index contributed by atoms with van der Waals surface area (Å²) in [4.78, 5) is 13.2. The van der Waals surface area contributed by atoms with Gasteiger partial charge in [-0.15, -0.1) is 0 Å². The Hall–Kier alpha value is -1.51. The summed E-state index contributed by atoms with van der Waals surface area (Å²) in [5, 5.41) is 2.89. The molecule has 0 saturated heterocycles. The van der Waals surface area contributed by atoms with Crippen LogP contribution in [0.4, 0.5) is 5.69 Å². The van der Waals surface area contributed by atoms with E-state index < -0.39 is 0 Å². The van der Waals surface area contributed by atoms with Crippen molar-refractivity contribution in [2.24, 2.45) is 0 Å². The molecule has 1 aromatic rings. The van der Waals surface area contributed by atoms with E-state index in [0.29, 0.717) is 0 Å². The van der Waals surface area contributed by atoms with Crippen LogP contribution in [0, 0.1) is 0 Å². The fourth-order valence-electron chi connectivity index (χ4n) is 2.74. The Morgan fingerprint density at radius 2 is 2.18 bits per heavy atom. The smallest absolute Gasteiger partial charge is 0.216 e. The number of rotatable bonds is 3. The predicted octanol–water partition coefficient (Wildman–Crippen LogP) is 1.92. The van der Waals surface area contributed by atoms with Crippen molar-refractivity contribution in [1.29, 1.82) is 0 Å². The average Bonchev–Trinajstić information content (AvgIpc) is 2.52. The summed E-state index contributed by atoms with van der Waals surface area (Å²) in [7, 11) is 2.13. The summed E-state index contributed by atoms with van der Waals surface area (Å²) in [6.07, 6.45) is 0.980. The number of fused-ring (bicyclic) bond motifs is 1. The summed E-state index contributed by atoms with van der Waals surface area (Å²) in [6.45, 7) is 5.61. The topological polar surface area (TPSA) is 32.3 Å². The minimum Gasteiger partial charge on any atom is -0.373 e. The van der Waals surface area contributed by atoms with E-state index in [9.17, 15) is 4.79 Å². The van der Waals surface area contributed by atoms with E-state index >= 15 is 0 Å². The molecule has 0 radical (unpaired) electrons. The second kappa shape index (κ2) is 4.40. The summed E-state index contributed by atoms with van der Waals surface area (Å²) >= 11 is 0. The van der Waals surface area contributed by atoms with E-state index in [1.54, 1.807) is 6.92 Å². The first-order valence-corrected chi connectivity index (χ1v) is 6.08. The Balaban J connectivity index is 2.14. The van der Waals surface area contributed by atoms with Gasteiger partial charge >= 0.3 is 0 Å². The van der Waals surface area contributed by atoms with Crippen LogP contribution in [0.25, 0.3) is 0 Å². The largest absolute Gasteiger partial charge is 0.373 e. The quantitative estimate of drug-likeness (QED) is 0.863. The third kappa shape index (κ3) is 2.28. The lowest BCUT2D eigenvalue weighted by Crippen LogP contribution is -2.33. The Kier molecular flexibility index (Phi) is 3.09. The number of carbonyl (C=O) groups is 1. The second-order valence-corrected chi connectivity index (χ2v) is 5.17. The molecule has 0 fully saturated rings. The lowest BCUT2D eigenvalue weighted by molar-refractivity contribution is -0.119. The molecule has 1 aromatic carbocycles. The van der Waals surface area contributed by atoms with Crippen molar-refractivity contribution in [2.75, 3.05) is 25.0 Å². The highest BCUT2D eigenvalue weighted by Gasteiger charge is 2.36. The summed E-state index contributed by atoms with van der Waals surface area (Å²) in [6, 6.07) is 8.54. The molecule has 1 aliphatic rings. The number of nitrogens with zero attached hydrogens (tertiary/aromatic N) is 1. The van der Waals surface area contributed by atoms with Crippen molar-refractivity contribution in [3.63, 3.8) is 0 Å². The first-order chi connectivity index (χ1) is 8.03. The Labute approximate surface area is 103 Å². The van der Waals surface area contributed by atoms with E-state index in [1.165, 1.54) is 11.3 Å². The maximum Gasteiger partial charge on any atom is 0.216 e. The number of carbonyl (C=O) groups excluding carboxylic acids is 1. The fraction of sp³-hybridized carbons (Fsp3) is 0.500. The van der Waals surface area contributed by atoms with Crippen molar-refractivity contribution in [2.45, 2.75) is 25.7 Å². The molecule has 0 aromatic heterocycles. The highest BCUT2D eigenvalue weighted by atomic mass is 16.1. The lowest BCUT2D eigenvalue weighted by atomic mass is 9.81. The van der Waals surface area contributed by atoms with Gasteiger partial charge in [-0.1, -0.05) is 25.1 Å². The molecule has 1 atom stereocenters. The zero-order valence-electron chi connectivity index (χ0n) is 10.8. The number of likely N-dealkylation sites (N-methyl/N-ethyl adjacent to an activating group) is 1. The maximum atomic E-state index is 10.9. The van der Waals surface area contributed by atoms with Gasteiger partial charge in [0.15, 0.2) is 0 Å². The monoisotopic (exact) mass is 232 g/mol. The molecule has 0 bridgehead atoms. The van der Waals surface area contributed by atoms with Crippen LogP contribution in [-0.2, 0) is 10.2 Å². The second-order valence-electron chi connectivity index (χ2n) is 5.17. The van der Waals surface area contributed by atoms with Crippen LogP contribution < -0.4 is 10.2 Å². The van der Waals surface area contributed by atoms with Gasteiger partial charge in [0, 0.05) is 38.2 Å². The minimum absolute atomic E-state index is 0.0493. The van der Waals surface area contributed by atoms with Gasteiger partial charge < -0.3 is 10.2 Å². The lowest BCUT2D eigenvalue weighted by Gasteiger charge is -2.25. The number of amides is 1. The summed E-state index contributed by atoms with van der Waals surface area (Å²) in [5.41, 5.74) is 2.86. The molecule has 0 saturated carbocycles. The molecule has 1 aliphatic heterocycles. The van der Waals surface area contributed by atoms with Crippen molar-refractivity contribution >= 4 is 11.6 Å². The van der Waals surface area contributed by atoms with E-state index in [4.69, 9.17) is 0 Å². The molecule has 3 heteroatoms. The maximum absolute atomic E-state index is 10.9. The minimum atomic E-state index is 0.0493. The molecule has 17 heavy (non-hydrogen) atoms. The predicted molar refractivity (Wildman–Crippen MR) is 70.4 cm³/mol. The van der Waals surface area contributed by atoms with E-state index in [0.717, 1.165) is 19.5 Å². The third-order valence-corrected chi connectivity index (χ3v) is 3.60. The van der Waals surface area contributed by atoms with E-state index in [2.05, 4.69) is 48.5 Å². The van der Waals surface area contributed by atoms with Crippen LogP contribution in [0.3, 0.4) is 0 Å². The molecule has 92 valence electrons. The normalized spacial score (nSPS) is 22.4. The van der Waals surface area contributed by atoms with Gasteiger partial charge in [-0.2, -0.15) is 0 Å². The number of hydrogen-bond acceptors (Lipinski definition) is 2. The highest BCUT2D eigenvalue weighted by molar-refractivity contribution is 5.72. The Bertz CT molecular complexity index is 430. The van der Waals surface area contributed by atoms with Gasteiger partial charge in [-0.25, -0.2) is 0 Å². The molecule has 3 nitrogen and oxygen atoms in total. The highest BCUT2D eigenvalue weighted by Crippen LogP contribution is 2.41.